The number of ether oxygens (including phenoxy) is 1. The summed E-state index contributed by atoms with van der Waals surface area (Å²) in [5.74, 6) is 0. The molecule has 2 aromatic rings. The van der Waals surface area contributed by atoms with Gasteiger partial charge in [-0.05, 0) is 12.8 Å². The highest BCUT2D eigenvalue weighted by molar-refractivity contribution is 7.16. The predicted molar refractivity (Wildman–Crippen MR) is 82.1 cm³/mol. The number of anilines is 1. The van der Waals surface area contributed by atoms with E-state index < -0.39 is 0 Å². The maximum Gasteiger partial charge on any atom is 0.183 e. The van der Waals surface area contributed by atoms with Gasteiger partial charge in [0.1, 0.15) is 5.01 Å². The minimum absolute atomic E-state index is 0.572. The van der Waals surface area contributed by atoms with Crippen LogP contribution in [0, 0.1) is 0 Å². The van der Waals surface area contributed by atoms with Crippen LogP contribution in [0.5, 0.6) is 0 Å². The van der Waals surface area contributed by atoms with Crippen LogP contribution >= 0.6 is 22.7 Å². The number of thiazole rings is 2. The molecule has 0 radical (unpaired) electrons. The van der Waals surface area contributed by atoms with Crippen LogP contribution in [-0.2, 0) is 17.8 Å². The summed E-state index contributed by atoms with van der Waals surface area (Å²) >= 11 is 3.33. The molecule has 4 nitrogen and oxygen atoms in total. The molecule has 0 bridgehead atoms. The molecule has 104 valence electrons. The molecule has 0 aliphatic carbocycles. The Balaban J connectivity index is 2.22. The first-order valence-corrected chi connectivity index (χ1v) is 8.15. The zero-order chi connectivity index (χ0) is 13.7. The van der Waals surface area contributed by atoms with Crippen molar-refractivity contribution in [2.45, 2.75) is 33.3 Å². The summed E-state index contributed by atoms with van der Waals surface area (Å²) in [5.41, 5.74) is 2.14. The molecule has 0 aliphatic heterocycles. The van der Waals surface area contributed by atoms with Gasteiger partial charge < -0.3 is 10.1 Å². The van der Waals surface area contributed by atoms with Gasteiger partial charge >= 0.3 is 0 Å². The first kappa shape index (κ1) is 14.4. The molecule has 0 fully saturated rings. The van der Waals surface area contributed by atoms with Crippen LogP contribution in [0.1, 0.15) is 31.0 Å². The molecule has 6 heteroatoms. The van der Waals surface area contributed by atoms with Gasteiger partial charge in [0.05, 0.1) is 22.9 Å². The summed E-state index contributed by atoms with van der Waals surface area (Å²) in [7, 11) is 1.70. The molecule has 2 aromatic heterocycles. The van der Waals surface area contributed by atoms with E-state index in [4.69, 9.17) is 4.74 Å². The van der Waals surface area contributed by atoms with Crippen molar-refractivity contribution in [2.24, 2.45) is 0 Å². The summed E-state index contributed by atoms with van der Waals surface area (Å²) in [6.07, 6.45) is 2.03. The van der Waals surface area contributed by atoms with Crippen LogP contribution in [0.2, 0.25) is 0 Å². The fourth-order valence-corrected chi connectivity index (χ4v) is 3.61. The smallest absolute Gasteiger partial charge is 0.183 e. The van der Waals surface area contributed by atoms with Gasteiger partial charge in [-0.3, -0.25) is 0 Å². The SMILES string of the molecule is CCCNc1nc(-c2sc(COC)nc2CC)cs1. The zero-order valence-electron chi connectivity index (χ0n) is 11.5. The lowest BCUT2D eigenvalue weighted by Gasteiger charge is -1.97. The molecular formula is C13H19N3OS2. The molecule has 0 spiro atoms. The van der Waals surface area contributed by atoms with Crippen molar-refractivity contribution in [3.63, 3.8) is 0 Å². The van der Waals surface area contributed by atoms with Crippen LogP contribution in [0.3, 0.4) is 0 Å². The Kier molecular flexibility index (Phi) is 5.30. The second-order valence-corrected chi connectivity index (χ2v) is 6.08. The van der Waals surface area contributed by atoms with Gasteiger partial charge in [0.25, 0.3) is 0 Å². The number of rotatable bonds is 7. The number of nitrogens with zero attached hydrogens (tertiary/aromatic N) is 2. The quantitative estimate of drug-likeness (QED) is 0.844. The van der Waals surface area contributed by atoms with Crippen LogP contribution in [0.25, 0.3) is 10.6 Å². The molecule has 0 amide bonds. The average Bonchev–Trinajstić information content (AvgIpc) is 3.02. The average molecular weight is 297 g/mol. The fourth-order valence-electron chi connectivity index (χ4n) is 1.72. The van der Waals surface area contributed by atoms with Gasteiger partial charge in [0, 0.05) is 19.0 Å². The third-order valence-corrected chi connectivity index (χ3v) is 4.50. The second kappa shape index (κ2) is 6.98. The summed E-state index contributed by atoms with van der Waals surface area (Å²) in [5, 5.41) is 7.42. The lowest BCUT2D eigenvalue weighted by molar-refractivity contribution is 0.184. The van der Waals surface area contributed by atoms with E-state index in [1.165, 1.54) is 4.88 Å². The standard InChI is InChI=1S/C13H19N3OS2/c1-4-6-14-13-16-10(8-18-13)12-9(5-2)15-11(19-12)7-17-3/h8H,4-7H2,1-3H3,(H,14,16). The second-order valence-electron chi connectivity index (χ2n) is 4.13. The lowest BCUT2D eigenvalue weighted by Crippen LogP contribution is -1.98. The number of methoxy groups -OCH3 is 1. The zero-order valence-corrected chi connectivity index (χ0v) is 13.2. The van der Waals surface area contributed by atoms with E-state index in [1.54, 1.807) is 29.8 Å². The first-order chi connectivity index (χ1) is 9.28. The summed E-state index contributed by atoms with van der Waals surface area (Å²) in [4.78, 5) is 10.4. The Morgan fingerprint density at radius 3 is 2.84 bits per heavy atom. The highest BCUT2D eigenvalue weighted by Gasteiger charge is 2.14. The highest BCUT2D eigenvalue weighted by atomic mass is 32.1. The van der Waals surface area contributed by atoms with Crippen molar-refractivity contribution in [2.75, 3.05) is 19.0 Å². The van der Waals surface area contributed by atoms with Gasteiger partial charge in [-0.1, -0.05) is 13.8 Å². The largest absolute Gasteiger partial charge is 0.378 e. The van der Waals surface area contributed by atoms with Gasteiger partial charge in [-0.2, -0.15) is 0 Å². The number of nitrogens with one attached hydrogen (secondary N) is 1. The number of aryl methyl sites for hydroxylation is 1. The number of hydrogen-bond donors (Lipinski definition) is 1. The monoisotopic (exact) mass is 297 g/mol. The van der Waals surface area contributed by atoms with Crippen molar-refractivity contribution >= 4 is 27.8 Å². The van der Waals surface area contributed by atoms with E-state index in [0.717, 1.165) is 40.9 Å². The van der Waals surface area contributed by atoms with Crippen molar-refractivity contribution in [3.05, 3.63) is 16.1 Å². The third-order valence-electron chi connectivity index (χ3n) is 2.61. The Labute approximate surface area is 121 Å². The molecule has 19 heavy (non-hydrogen) atoms. The van der Waals surface area contributed by atoms with E-state index >= 15 is 0 Å². The molecule has 0 saturated heterocycles. The maximum atomic E-state index is 5.15. The minimum Gasteiger partial charge on any atom is -0.378 e. The van der Waals surface area contributed by atoms with Crippen LogP contribution < -0.4 is 5.32 Å². The van der Waals surface area contributed by atoms with E-state index in [2.05, 4.69) is 34.5 Å². The minimum atomic E-state index is 0.572. The molecule has 0 atom stereocenters. The van der Waals surface area contributed by atoms with Crippen molar-refractivity contribution in [3.8, 4) is 10.6 Å². The number of aromatic nitrogens is 2. The summed E-state index contributed by atoms with van der Waals surface area (Å²) in [6, 6.07) is 0. The fraction of sp³-hybridized carbons (Fsp3) is 0.538. The van der Waals surface area contributed by atoms with Gasteiger partial charge in [0.2, 0.25) is 0 Å². The summed E-state index contributed by atoms with van der Waals surface area (Å²) in [6.45, 7) is 5.81. The van der Waals surface area contributed by atoms with Crippen molar-refractivity contribution < 1.29 is 4.74 Å². The maximum absolute atomic E-state index is 5.15. The Bertz CT molecular complexity index is 522. The lowest BCUT2D eigenvalue weighted by atomic mass is 10.2. The van der Waals surface area contributed by atoms with E-state index in [-0.39, 0.29) is 0 Å². The van der Waals surface area contributed by atoms with Crippen LogP contribution in [0.4, 0.5) is 5.13 Å². The molecule has 2 heterocycles. The molecular weight excluding hydrogens is 278 g/mol. The first-order valence-electron chi connectivity index (χ1n) is 6.45. The number of hydrogen-bond acceptors (Lipinski definition) is 6. The van der Waals surface area contributed by atoms with Gasteiger partial charge in [-0.25, -0.2) is 9.97 Å². The van der Waals surface area contributed by atoms with Gasteiger partial charge in [0.15, 0.2) is 5.13 Å². The van der Waals surface area contributed by atoms with Crippen molar-refractivity contribution in [1.29, 1.82) is 0 Å². The molecule has 0 unspecified atom stereocenters. The topological polar surface area (TPSA) is 47.0 Å². The normalized spacial score (nSPS) is 10.9. The molecule has 2 rings (SSSR count). The van der Waals surface area contributed by atoms with Crippen LogP contribution in [0.15, 0.2) is 5.38 Å². The van der Waals surface area contributed by atoms with E-state index in [0.29, 0.717) is 6.61 Å². The Morgan fingerprint density at radius 1 is 1.32 bits per heavy atom. The molecule has 1 N–H and O–H groups in total. The van der Waals surface area contributed by atoms with Crippen molar-refractivity contribution in [1.82, 2.24) is 9.97 Å². The Morgan fingerprint density at radius 2 is 2.16 bits per heavy atom. The Hall–Kier alpha value is -0.980. The van der Waals surface area contributed by atoms with E-state index in [1.807, 2.05) is 0 Å². The third kappa shape index (κ3) is 3.52. The highest BCUT2D eigenvalue weighted by Crippen LogP contribution is 2.33. The molecule has 0 saturated carbocycles. The molecule has 0 aromatic carbocycles. The van der Waals surface area contributed by atoms with Crippen LogP contribution in [-0.4, -0.2) is 23.6 Å². The molecule has 0 aliphatic rings. The van der Waals surface area contributed by atoms with E-state index in [9.17, 15) is 0 Å². The summed E-state index contributed by atoms with van der Waals surface area (Å²) < 4.78 is 5.15. The van der Waals surface area contributed by atoms with Gasteiger partial charge in [-0.15, -0.1) is 22.7 Å². The predicted octanol–water partition coefficient (Wildman–Crippen LogP) is 3.80.